The van der Waals surface area contributed by atoms with Gasteiger partial charge in [-0.25, -0.2) is 0 Å². The molecule has 1 saturated heterocycles. The van der Waals surface area contributed by atoms with Crippen LogP contribution in [-0.4, -0.2) is 57.1 Å². The number of aliphatic hydroxyl groups is 1. The number of carbonyl (C=O) groups excluding carboxylic acids is 3. The van der Waals surface area contributed by atoms with Crippen molar-refractivity contribution in [3.63, 3.8) is 0 Å². The molecule has 1 aliphatic carbocycles. The van der Waals surface area contributed by atoms with E-state index in [2.05, 4.69) is 10.6 Å². The van der Waals surface area contributed by atoms with Crippen LogP contribution >= 0.6 is 0 Å². The molecule has 0 aromatic heterocycles. The topological polar surface area (TPSA) is 119 Å². The highest BCUT2D eigenvalue weighted by molar-refractivity contribution is 5.97. The lowest BCUT2D eigenvalue weighted by Crippen LogP contribution is -2.59. The Kier molecular flexibility index (Phi) is 8.40. The largest absolute Gasteiger partial charge is 0.508 e. The van der Waals surface area contributed by atoms with E-state index in [-0.39, 0.29) is 35.6 Å². The molecule has 1 heterocycles. The van der Waals surface area contributed by atoms with Crippen LogP contribution in [0.4, 0.5) is 0 Å². The number of rotatable bonds is 9. The van der Waals surface area contributed by atoms with Crippen LogP contribution < -0.4 is 10.6 Å². The van der Waals surface area contributed by atoms with Gasteiger partial charge in [0, 0.05) is 23.7 Å². The molecule has 1 aliphatic heterocycles. The molecule has 5 atom stereocenters. The zero-order chi connectivity index (χ0) is 29.1. The number of piperidine rings is 1. The number of amides is 3. The van der Waals surface area contributed by atoms with Crippen LogP contribution in [0.1, 0.15) is 51.9 Å². The third-order valence-electron chi connectivity index (χ3n) is 8.62. The number of carbonyl (C=O) groups is 3. The van der Waals surface area contributed by atoms with Gasteiger partial charge in [0.1, 0.15) is 11.8 Å². The summed E-state index contributed by atoms with van der Waals surface area (Å²) < 4.78 is 0. The molecular weight excluding hydrogens is 518 g/mol. The molecule has 5 rings (SSSR count). The Bertz CT molecular complexity index is 1430. The monoisotopic (exact) mass is 555 g/mol. The van der Waals surface area contributed by atoms with Gasteiger partial charge >= 0.3 is 0 Å². The summed E-state index contributed by atoms with van der Waals surface area (Å²) in [4.78, 5) is 42.3. The van der Waals surface area contributed by atoms with Crippen molar-refractivity contribution in [3.05, 3.63) is 101 Å². The van der Waals surface area contributed by atoms with Gasteiger partial charge in [-0.1, -0.05) is 60.7 Å². The average Bonchev–Trinajstić information content (AvgIpc) is 3.60. The number of aryl methyl sites for hydroxylation is 1. The highest BCUT2D eigenvalue weighted by Crippen LogP contribution is 2.43. The van der Waals surface area contributed by atoms with Crippen LogP contribution in [0.2, 0.25) is 0 Å². The summed E-state index contributed by atoms with van der Waals surface area (Å²) in [5.74, 6) is -1.25. The maximum atomic E-state index is 14.0. The van der Waals surface area contributed by atoms with E-state index in [0.29, 0.717) is 12.1 Å². The smallest absolute Gasteiger partial charge is 0.254 e. The Balaban J connectivity index is 1.36. The van der Waals surface area contributed by atoms with Crippen LogP contribution in [0.15, 0.2) is 72.8 Å². The van der Waals surface area contributed by atoms with E-state index in [4.69, 9.17) is 0 Å². The minimum atomic E-state index is -1.57. The molecule has 3 aromatic carbocycles. The van der Waals surface area contributed by atoms with Crippen molar-refractivity contribution in [2.75, 3.05) is 0 Å². The third kappa shape index (κ3) is 5.98. The Morgan fingerprint density at radius 3 is 2.44 bits per heavy atom. The lowest BCUT2D eigenvalue weighted by molar-refractivity contribution is -0.150. The van der Waals surface area contributed by atoms with Crippen LogP contribution in [0, 0.1) is 19.8 Å². The number of fused-ring (bicyclic) bond motifs is 2. The Morgan fingerprint density at radius 2 is 1.68 bits per heavy atom. The lowest BCUT2D eigenvalue weighted by atomic mass is 9.95. The third-order valence-corrected chi connectivity index (χ3v) is 8.62. The first-order chi connectivity index (χ1) is 19.7. The van der Waals surface area contributed by atoms with Crippen LogP contribution in [0.5, 0.6) is 5.75 Å². The molecule has 8 nitrogen and oxygen atoms in total. The van der Waals surface area contributed by atoms with Crippen molar-refractivity contribution in [1.29, 1.82) is 0 Å². The van der Waals surface area contributed by atoms with Gasteiger partial charge in [0.05, 0.1) is 6.04 Å². The molecule has 0 unspecified atom stereocenters. The molecule has 3 aromatic rings. The number of aliphatic hydroxyl groups excluding tert-OH is 1. The van der Waals surface area contributed by atoms with E-state index in [1.807, 2.05) is 61.5 Å². The van der Waals surface area contributed by atoms with Gasteiger partial charge in [-0.2, -0.15) is 0 Å². The van der Waals surface area contributed by atoms with Crippen molar-refractivity contribution < 1.29 is 24.6 Å². The van der Waals surface area contributed by atoms with Gasteiger partial charge in [-0.15, -0.1) is 0 Å². The summed E-state index contributed by atoms with van der Waals surface area (Å²) in [7, 11) is 0. The minimum Gasteiger partial charge on any atom is -0.508 e. The van der Waals surface area contributed by atoms with Crippen molar-refractivity contribution in [1.82, 2.24) is 15.5 Å². The van der Waals surface area contributed by atoms with E-state index >= 15 is 0 Å². The second-order valence-corrected chi connectivity index (χ2v) is 11.2. The molecule has 1 saturated carbocycles. The fraction of sp³-hybridized carbons (Fsp3) is 0.364. The zero-order valence-corrected chi connectivity index (χ0v) is 23.4. The van der Waals surface area contributed by atoms with Gasteiger partial charge < -0.3 is 25.7 Å². The summed E-state index contributed by atoms with van der Waals surface area (Å²) in [6.07, 6.45) is 1.00. The maximum absolute atomic E-state index is 14.0. The molecule has 214 valence electrons. The molecule has 0 radical (unpaired) electrons. The molecule has 41 heavy (non-hydrogen) atoms. The molecule has 4 N–H and O–H groups in total. The number of likely N-dealkylation sites (tertiary alicyclic amines) is 1. The molecule has 2 fully saturated rings. The summed E-state index contributed by atoms with van der Waals surface area (Å²) in [6, 6.07) is 20.1. The molecule has 8 heteroatoms. The number of phenolic OH excluding ortho intramolecular Hbond substituents is 1. The second kappa shape index (κ2) is 12.1. The highest BCUT2D eigenvalue weighted by Gasteiger charge is 2.52. The SMILES string of the molecule is Cc1ccccc1CNC(=O)[C@H]1[C@@H]2CC[C@@H](C2)N1C(=O)[C@@H](O)[C@H](Cc1ccccc1)NC(=O)c1cccc(O)c1C. The van der Waals surface area contributed by atoms with Crippen molar-refractivity contribution in [2.45, 2.75) is 70.3 Å². The van der Waals surface area contributed by atoms with Gasteiger partial charge in [0.25, 0.3) is 11.8 Å². The van der Waals surface area contributed by atoms with Crippen LogP contribution in [0.25, 0.3) is 0 Å². The molecular formula is C33H37N3O5. The predicted octanol–water partition coefficient (Wildman–Crippen LogP) is 3.41. The van der Waals surface area contributed by atoms with E-state index in [0.717, 1.165) is 36.0 Å². The van der Waals surface area contributed by atoms with Crippen molar-refractivity contribution >= 4 is 17.7 Å². The van der Waals surface area contributed by atoms with E-state index in [1.165, 1.54) is 6.07 Å². The zero-order valence-electron chi connectivity index (χ0n) is 23.4. The number of phenols is 1. The number of hydrogen-bond donors (Lipinski definition) is 4. The Labute approximate surface area is 240 Å². The normalized spacial score (nSPS) is 20.9. The van der Waals surface area contributed by atoms with Crippen molar-refractivity contribution in [2.24, 2.45) is 5.92 Å². The summed E-state index contributed by atoms with van der Waals surface area (Å²) in [5.41, 5.74) is 3.59. The lowest BCUT2D eigenvalue weighted by Gasteiger charge is -2.37. The first-order valence-corrected chi connectivity index (χ1v) is 14.2. The first-order valence-electron chi connectivity index (χ1n) is 14.2. The molecule has 0 spiro atoms. The number of benzene rings is 3. The fourth-order valence-electron chi connectivity index (χ4n) is 6.29. The van der Waals surface area contributed by atoms with Gasteiger partial charge in [0.15, 0.2) is 6.10 Å². The summed E-state index contributed by atoms with van der Waals surface area (Å²) >= 11 is 0. The van der Waals surface area contributed by atoms with E-state index in [1.54, 1.807) is 24.0 Å². The summed E-state index contributed by atoms with van der Waals surface area (Å²) in [6.45, 7) is 3.99. The molecule has 2 aliphatic rings. The van der Waals surface area contributed by atoms with E-state index < -0.39 is 30.0 Å². The van der Waals surface area contributed by atoms with E-state index in [9.17, 15) is 24.6 Å². The average molecular weight is 556 g/mol. The summed E-state index contributed by atoms with van der Waals surface area (Å²) in [5, 5.41) is 27.5. The standard InChI is InChI=1S/C33H37N3O5/c1-20-9-6-7-12-24(20)19-34-32(40)29-23-15-16-25(18-23)36(29)33(41)30(38)27(17-22-10-4-3-5-11-22)35-31(39)26-13-8-14-28(37)21(26)2/h3-14,23,25,27,29-30,37-38H,15-19H2,1-2H3,(H,34,40)(H,35,39)/t23-,25+,27+,29-,30+/m1/s1. The number of nitrogens with zero attached hydrogens (tertiary/aromatic N) is 1. The maximum Gasteiger partial charge on any atom is 0.254 e. The second-order valence-electron chi connectivity index (χ2n) is 11.2. The first kappa shape index (κ1) is 28.4. The Hall–Kier alpha value is -4.17. The molecule has 3 amide bonds. The van der Waals surface area contributed by atoms with Gasteiger partial charge in [0.2, 0.25) is 5.91 Å². The van der Waals surface area contributed by atoms with Crippen molar-refractivity contribution in [3.8, 4) is 5.75 Å². The minimum absolute atomic E-state index is 0.0125. The van der Waals surface area contributed by atoms with Crippen LogP contribution in [0.3, 0.4) is 0 Å². The van der Waals surface area contributed by atoms with Crippen LogP contribution in [-0.2, 0) is 22.6 Å². The quantitative estimate of drug-likeness (QED) is 0.323. The number of hydrogen-bond acceptors (Lipinski definition) is 5. The van der Waals surface area contributed by atoms with Gasteiger partial charge in [-0.3, -0.25) is 14.4 Å². The molecule has 2 bridgehead atoms. The Morgan fingerprint density at radius 1 is 0.951 bits per heavy atom. The van der Waals surface area contributed by atoms with Gasteiger partial charge in [-0.05, 0) is 74.3 Å². The number of nitrogens with one attached hydrogen (secondary N) is 2. The predicted molar refractivity (Wildman–Crippen MR) is 155 cm³/mol. The highest BCUT2D eigenvalue weighted by atomic mass is 16.3. The number of aromatic hydroxyl groups is 1. The fourth-order valence-corrected chi connectivity index (χ4v) is 6.29.